The molecule has 19 heavy (non-hydrogen) atoms. The maximum absolute atomic E-state index is 11.9. The van der Waals surface area contributed by atoms with Crippen LogP contribution in [0.25, 0.3) is 0 Å². The summed E-state index contributed by atoms with van der Waals surface area (Å²) >= 11 is 3.23. The molecule has 0 bridgehead atoms. The Hall–Kier alpha value is -1.86. The lowest BCUT2D eigenvalue weighted by molar-refractivity contribution is 0.266. The van der Waals surface area contributed by atoms with Gasteiger partial charge in [-0.2, -0.15) is 5.10 Å². The summed E-state index contributed by atoms with van der Waals surface area (Å²) in [5.74, 6) is 0. The van der Waals surface area contributed by atoms with Gasteiger partial charge in [0.05, 0.1) is 25.0 Å². The Labute approximate surface area is 118 Å². The van der Waals surface area contributed by atoms with E-state index in [2.05, 4.69) is 26.3 Å². The van der Waals surface area contributed by atoms with Crippen LogP contribution in [0.4, 0.5) is 17.1 Å². The molecule has 0 radical (unpaired) electrons. The maximum Gasteiger partial charge on any atom is 0.283 e. The van der Waals surface area contributed by atoms with E-state index in [4.69, 9.17) is 10.8 Å². The number of nitrogens with one attached hydrogen (secondary N) is 1. The zero-order valence-electron chi connectivity index (χ0n) is 10.0. The highest BCUT2D eigenvalue weighted by atomic mass is 79.9. The molecule has 0 aliphatic rings. The van der Waals surface area contributed by atoms with Crippen molar-refractivity contribution in [3.63, 3.8) is 0 Å². The largest absolute Gasteiger partial charge is 0.399 e. The topological polar surface area (TPSA) is 93.2 Å². The van der Waals surface area contributed by atoms with Gasteiger partial charge >= 0.3 is 0 Å². The zero-order chi connectivity index (χ0) is 13.8. The van der Waals surface area contributed by atoms with Crippen molar-refractivity contribution in [2.75, 3.05) is 17.7 Å². The molecule has 0 aliphatic heterocycles. The molecule has 4 N–H and O–H groups in total. The van der Waals surface area contributed by atoms with Gasteiger partial charge in [-0.25, -0.2) is 4.68 Å². The molecule has 0 unspecified atom stereocenters. The molecule has 0 saturated carbocycles. The number of rotatable bonds is 4. The van der Waals surface area contributed by atoms with E-state index in [0.717, 1.165) is 5.69 Å². The van der Waals surface area contributed by atoms with Crippen LogP contribution in [0.1, 0.15) is 0 Å². The number of hydrogen-bond acceptors (Lipinski definition) is 5. The van der Waals surface area contributed by atoms with Crippen LogP contribution in [0.5, 0.6) is 0 Å². The minimum Gasteiger partial charge on any atom is -0.399 e. The molecule has 0 spiro atoms. The summed E-state index contributed by atoms with van der Waals surface area (Å²) in [7, 11) is 0. The van der Waals surface area contributed by atoms with E-state index >= 15 is 0 Å². The normalized spacial score (nSPS) is 10.4. The number of benzene rings is 1. The molecule has 1 aromatic heterocycles. The van der Waals surface area contributed by atoms with Crippen molar-refractivity contribution in [3.8, 4) is 0 Å². The van der Waals surface area contributed by atoms with Gasteiger partial charge in [0, 0.05) is 11.4 Å². The Morgan fingerprint density at radius 1 is 1.47 bits per heavy atom. The minimum absolute atomic E-state index is 0.138. The summed E-state index contributed by atoms with van der Waals surface area (Å²) in [6.45, 7) is 0.0251. The van der Waals surface area contributed by atoms with E-state index in [9.17, 15) is 4.79 Å². The number of hydrogen-bond donors (Lipinski definition) is 3. The molecule has 100 valence electrons. The highest BCUT2D eigenvalue weighted by molar-refractivity contribution is 9.10. The number of nitrogens with zero attached hydrogens (tertiary/aromatic N) is 2. The van der Waals surface area contributed by atoms with Crippen molar-refractivity contribution in [2.24, 2.45) is 0 Å². The van der Waals surface area contributed by atoms with E-state index in [1.165, 1.54) is 10.9 Å². The van der Waals surface area contributed by atoms with Crippen molar-refractivity contribution in [1.29, 1.82) is 0 Å². The van der Waals surface area contributed by atoms with Crippen LogP contribution in [0, 0.1) is 0 Å². The van der Waals surface area contributed by atoms with E-state index in [0.29, 0.717) is 15.8 Å². The van der Waals surface area contributed by atoms with Gasteiger partial charge in [0.2, 0.25) is 0 Å². The molecular formula is C12H13BrN4O2. The molecule has 7 heteroatoms. The number of halogens is 1. The van der Waals surface area contributed by atoms with Gasteiger partial charge in [0.25, 0.3) is 5.56 Å². The number of anilines is 3. The molecule has 0 aliphatic carbocycles. The highest BCUT2D eigenvalue weighted by Crippen LogP contribution is 2.22. The van der Waals surface area contributed by atoms with Crippen LogP contribution in [0.15, 0.2) is 39.7 Å². The summed E-state index contributed by atoms with van der Waals surface area (Å²) < 4.78 is 1.55. The monoisotopic (exact) mass is 324 g/mol. The number of aliphatic hydroxyl groups is 1. The van der Waals surface area contributed by atoms with Gasteiger partial charge in [-0.05, 0) is 34.1 Å². The first-order valence-electron chi connectivity index (χ1n) is 5.61. The van der Waals surface area contributed by atoms with Crippen LogP contribution in [0.3, 0.4) is 0 Å². The molecule has 2 aromatic rings. The molecule has 0 atom stereocenters. The van der Waals surface area contributed by atoms with Gasteiger partial charge in [0.15, 0.2) is 0 Å². The summed E-state index contributed by atoms with van der Waals surface area (Å²) in [5, 5.41) is 15.9. The first kappa shape index (κ1) is 13.6. The summed E-state index contributed by atoms with van der Waals surface area (Å²) in [5.41, 5.74) is 7.32. The van der Waals surface area contributed by atoms with Crippen molar-refractivity contribution >= 4 is 33.0 Å². The van der Waals surface area contributed by atoms with E-state index in [1.807, 2.05) is 12.1 Å². The number of nitrogen functional groups attached to an aromatic ring is 1. The lowest BCUT2D eigenvalue weighted by Gasteiger charge is -2.10. The van der Waals surface area contributed by atoms with Crippen LogP contribution in [-0.4, -0.2) is 21.5 Å². The van der Waals surface area contributed by atoms with Crippen molar-refractivity contribution < 1.29 is 5.11 Å². The fourth-order valence-electron chi connectivity index (χ4n) is 1.58. The second kappa shape index (κ2) is 5.85. The Balaban J connectivity index is 2.31. The Morgan fingerprint density at radius 3 is 2.95 bits per heavy atom. The standard InChI is InChI=1S/C12H13BrN4O2/c13-11-10(7-15-17(4-5-18)12(11)19)16-9-3-1-2-8(14)6-9/h1-3,6-7,16,18H,4-5,14H2. The quantitative estimate of drug-likeness (QED) is 0.737. The van der Waals surface area contributed by atoms with Crippen LogP contribution in [-0.2, 0) is 6.54 Å². The maximum atomic E-state index is 11.9. The van der Waals surface area contributed by atoms with E-state index < -0.39 is 0 Å². The van der Waals surface area contributed by atoms with Crippen molar-refractivity contribution in [2.45, 2.75) is 6.54 Å². The smallest absolute Gasteiger partial charge is 0.283 e. The van der Waals surface area contributed by atoms with Gasteiger partial charge < -0.3 is 16.2 Å². The molecule has 2 rings (SSSR count). The van der Waals surface area contributed by atoms with E-state index in [1.54, 1.807) is 12.1 Å². The SMILES string of the molecule is Nc1cccc(Nc2cnn(CCO)c(=O)c2Br)c1. The van der Waals surface area contributed by atoms with Crippen molar-refractivity contribution in [1.82, 2.24) is 9.78 Å². The highest BCUT2D eigenvalue weighted by Gasteiger charge is 2.08. The number of aromatic nitrogens is 2. The molecule has 1 heterocycles. The fourth-order valence-corrected chi connectivity index (χ4v) is 1.98. The second-order valence-corrected chi connectivity index (χ2v) is 4.67. The molecule has 1 aromatic carbocycles. The first-order chi connectivity index (χ1) is 9.11. The van der Waals surface area contributed by atoms with Gasteiger partial charge in [-0.1, -0.05) is 6.07 Å². The fraction of sp³-hybridized carbons (Fsp3) is 0.167. The Morgan fingerprint density at radius 2 is 2.26 bits per heavy atom. The second-order valence-electron chi connectivity index (χ2n) is 3.87. The Kier molecular flexibility index (Phi) is 4.18. The van der Waals surface area contributed by atoms with Crippen molar-refractivity contribution in [3.05, 3.63) is 45.3 Å². The molecular weight excluding hydrogens is 312 g/mol. The average Bonchev–Trinajstić information content (AvgIpc) is 2.39. The third-order valence-electron chi connectivity index (χ3n) is 2.46. The number of aliphatic hydroxyl groups excluding tert-OH is 1. The van der Waals surface area contributed by atoms with Gasteiger partial charge in [-0.3, -0.25) is 4.79 Å². The van der Waals surface area contributed by atoms with E-state index in [-0.39, 0.29) is 18.7 Å². The predicted octanol–water partition coefficient (Wildman–Crippen LogP) is 1.32. The molecule has 0 amide bonds. The van der Waals surface area contributed by atoms with Gasteiger partial charge in [0.1, 0.15) is 4.47 Å². The van der Waals surface area contributed by atoms with Crippen LogP contribution in [0.2, 0.25) is 0 Å². The minimum atomic E-state index is -0.303. The molecule has 0 saturated heterocycles. The molecule has 0 fully saturated rings. The number of nitrogens with two attached hydrogens (primary N) is 1. The van der Waals surface area contributed by atoms with Crippen LogP contribution < -0.4 is 16.6 Å². The zero-order valence-corrected chi connectivity index (χ0v) is 11.6. The molecule has 6 nitrogen and oxygen atoms in total. The summed E-state index contributed by atoms with van der Waals surface area (Å²) in [6, 6.07) is 7.18. The Bertz CT molecular complexity index is 642. The average molecular weight is 325 g/mol. The lowest BCUT2D eigenvalue weighted by Crippen LogP contribution is -2.25. The predicted molar refractivity (Wildman–Crippen MR) is 77.4 cm³/mol. The first-order valence-corrected chi connectivity index (χ1v) is 6.40. The third-order valence-corrected chi connectivity index (χ3v) is 3.23. The summed E-state index contributed by atoms with van der Waals surface area (Å²) in [4.78, 5) is 11.9. The lowest BCUT2D eigenvalue weighted by atomic mass is 10.3. The third kappa shape index (κ3) is 3.12. The van der Waals surface area contributed by atoms with Crippen LogP contribution >= 0.6 is 15.9 Å². The summed E-state index contributed by atoms with van der Waals surface area (Å²) in [6.07, 6.45) is 1.52. The van der Waals surface area contributed by atoms with Gasteiger partial charge in [-0.15, -0.1) is 0 Å².